The van der Waals surface area contributed by atoms with Gasteiger partial charge in [0, 0.05) is 18.3 Å². The van der Waals surface area contributed by atoms with Gasteiger partial charge in [0.2, 0.25) is 0 Å². The lowest BCUT2D eigenvalue weighted by molar-refractivity contribution is -0.132. The Morgan fingerprint density at radius 2 is 1.82 bits per heavy atom. The minimum atomic E-state index is -1.02. The molecule has 2 aliphatic heterocycles. The molecule has 5 rings (SSSR count). The number of aliphatic hydroxyl groups excluding tert-OH is 1. The van der Waals surface area contributed by atoms with Gasteiger partial charge in [0.1, 0.15) is 29.7 Å². The number of aromatic hydroxyl groups is 1. The largest absolute Gasteiger partial charge is 0.508 e. The SMILES string of the molecule is CN1CCOc2ccc(/C(O)=C3/C(=O)C(=O)N(c4cccc(F)c4)C3c3ccc(O)cc3)cc21. The van der Waals surface area contributed by atoms with Gasteiger partial charge in [-0.1, -0.05) is 18.2 Å². The van der Waals surface area contributed by atoms with Gasteiger partial charge in [-0.3, -0.25) is 14.5 Å². The van der Waals surface area contributed by atoms with Crippen molar-refractivity contribution in [3.05, 3.63) is 89.2 Å². The molecule has 2 N–H and O–H groups in total. The van der Waals surface area contributed by atoms with Crippen LogP contribution in [-0.2, 0) is 9.59 Å². The van der Waals surface area contributed by atoms with Gasteiger partial charge in [-0.25, -0.2) is 4.39 Å². The van der Waals surface area contributed by atoms with Crippen LogP contribution in [0, 0.1) is 5.82 Å². The monoisotopic (exact) mass is 460 g/mol. The lowest BCUT2D eigenvalue weighted by Gasteiger charge is -2.28. The van der Waals surface area contributed by atoms with Gasteiger partial charge < -0.3 is 19.8 Å². The number of hydrogen-bond acceptors (Lipinski definition) is 6. The van der Waals surface area contributed by atoms with Crippen LogP contribution in [0.3, 0.4) is 0 Å². The first kappa shape index (κ1) is 21.5. The van der Waals surface area contributed by atoms with E-state index in [-0.39, 0.29) is 22.8 Å². The Balaban J connectivity index is 1.70. The maximum absolute atomic E-state index is 14.0. The number of carbonyl (C=O) groups excluding carboxylic acids is 2. The van der Waals surface area contributed by atoms with Crippen LogP contribution >= 0.6 is 0 Å². The second-order valence-corrected chi connectivity index (χ2v) is 8.19. The van der Waals surface area contributed by atoms with Crippen molar-refractivity contribution in [2.75, 3.05) is 30.0 Å². The van der Waals surface area contributed by atoms with E-state index in [0.29, 0.717) is 30.0 Å². The predicted octanol–water partition coefficient (Wildman–Crippen LogP) is 3.99. The smallest absolute Gasteiger partial charge is 0.300 e. The minimum Gasteiger partial charge on any atom is -0.508 e. The van der Waals surface area contributed by atoms with Crippen molar-refractivity contribution >= 4 is 28.8 Å². The Morgan fingerprint density at radius 1 is 1.06 bits per heavy atom. The van der Waals surface area contributed by atoms with E-state index in [1.165, 1.54) is 30.3 Å². The molecule has 2 aliphatic rings. The molecule has 1 amide bonds. The van der Waals surface area contributed by atoms with E-state index in [2.05, 4.69) is 0 Å². The number of phenolic OH excluding ortho intramolecular Hbond substituents is 1. The summed E-state index contributed by atoms with van der Waals surface area (Å²) >= 11 is 0. The standard InChI is InChI=1S/C26H21FN2O5/c1-28-11-12-34-21-10-7-16(13-20(21)28)24(31)22-23(15-5-8-19(30)9-6-15)29(26(33)25(22)32)18-4-2-3-17(27)14-18/h2-10,13-14,23,30-31H,11-12H2,1H3/b24-22-. The number of likely N-dealkylation sites (N-methyl/N-ethyl adjacent to an activating group) is 1. The normalized spacial score (nSPS) is 19.2. The number of ketones is 1. The molecule has 34 heavy (non-hydrogen) atoms. The third-order valence-corrected chi connectivity index (χ3v) is 6.07. The molecular weight excluding hydrogens is 439 g/mol. The molecule has 0 aliphatic carbocycles. The van der Waals surface area contributed by atoms with Crippen LogP contribution in [0.4, 0.5) is 15.8 Å². The van der Waals surface area contributed by atoms with Crippen molar-refractivity contribution in [1.82, 2.24) is 0 Å². The predicted molar refractivity (Wildman–Crippen MR) is 124 cm³/mol. The fraction of sp³-hybridized carbons (Fsp3) is 0.154. The van der Waals surface area contributed by atoms with Gasteiger partial charge in [-0.15, -0.1) is 0 Å². The van der Waals surface area contributed by atoms with Crippen LogP contribution in [0.2, 0.25) is 0 Å². The zero-order chi connectivity index (χ0) is 24.0. The molecule has 0 bridgehead atoms. The molecule has 1 fully saturated rings. The zero-order valence-electron chi connectivity index (χ0n) is 18.2. The van der Waals surface area contributed by atoms with Crippen LogP contribution in [0.1, 0.15) is 17.2 Å². The summed E-state index contributed by atoms with van der Waals surface area (Å²) < 4.78 is 19.7. The van der Waals surface area contributed by atoms with Crippen LogP contribution in [0.25, 0.3) is 5.76 Å². The van der Waals surface area contributed by atoms with Crippen molar-refractivity contribution in [2.45, 2.75) is 6.04 Å². The third kappa shape index (κ3) is 3.53. The highest BCUT2D eigenvalue weighted by atomic mass is 19.1. The van der Waals surface area contributed by atoms with Crippen molar-refractivity contribution in [3.8, 4) is 11.5 Å². The van der Waals surface area contributed by atoms with Gasteiger partial charge in [-0.2, -0.15) is 0 Å². The first-order chi connectivity index (χ1) is 16.3. The topological polar surface area (TPSA) is 90.3 Å². The Labute approximate surface area is 194 Å². The summed E-state index contributed by atoms with van der Waals surface area (Å²) in [4.78, 5) is 29.5. The summed E-state index contributed by atoms with van der Waals surface area (Å²) in [6.07, 6.45) is 0. The highest BCUT2D eigenvalue weighted by Gasteiger charge is 2.47. The van der Waals surface area contributed by atoms with E-state index in [1.54, 1.807) is 30.3 Å². The Hall–Kier alpha value is -4.33. The molecule has 1 atom stereocenters. The summed E-state index contributed by atoms with van der Waals surface area (Å²) in [5, 5.41) is 21.0. The summed E-state index contributed by atoms with van der Waals surface area (Å²) in [6.45, 7) is 1.20. The number of carbonyl (C=O) groups is 2. The molecule has 3 aromatic carbocycles. The maximum atomic E-state index is 14.0. The molecule has 2 heterocycles. The van der Waals surface area contributed by atoms with Gasteiger partial charge >= 0.3 is 0 Å². The summed E-state index contributed by atoms with van der Waals surface area (Å²) in [7, 11) is 1.89. The molecule has 1 unspecified atom stereocenters. The van der Waals surface area contributed by atoms with Crippen LogP contribution in [-0.4, -0.2) is 42.1 Å². The number of halogens is 1. The van der Waals surface area contributed by atoms with Gasteiger partial charge in [0.15, 0.2) is 0 Å². The van der Waals surface area contributed by atoms with Crippen molar-refractivity contribution in [2.24, 2.45) is 0 Å². The number of anilines is 2. The van der Waals surface area contributed by atoms with Gasteiger partial charge in [0.05, 0.1) is 23.8 Å². The third-order valence-electron chi connectivity index (χ3n) is 6.07. The minimum absolute atomic E-state index is 0.00387. The molecule has 3 aromatic rings. The summed E-state index contributed by atoms with van der Waals surface area (Å²) in [5.41, 5.74) is 1.62. The van der Waals surface area contributed by atoms with Crippen molar-refractivity contribution in [1.29, 1.82) is 0 Å². The molecule has 8 heteroatoms. The lowest BCUT2D eigenvalue weighted by atomic mass is 9.94. The average Bonchev–Trinajstić information content (AvgIpc) is 3.09. The van der Waals surface area contributed by atoms with Crippen LogP contribution < -0.4 is 14.5 Å². The van der Waals surface area contributed by atoms with E-state index in [9.17, 15) is 24.2 Å². The number of rotatable bonds is 3. The molecule has 7 nitrogen and oxygen atoms in total. The highest BCUT2D eigenvalue weighted by molar-refractivity contribution is 6.51. The molecule has 0 radical (unpaired) electrons. The quantitative estimate of drug-likeness (QED) is 0.349. The number of fused-ring (bicyclic) bond motifs is 1. The Morgan fingerprint density at radius 3 is 2.56 bits per heavy atom. The van der Waals surface area contributed by atoms with E-state index >= 15 is 0 Å². The van der Waals surface area contributed by atoms with Gasteiger partial charge in [0.25, 0.3) is 11.7 Å². The number of nitrogens with zero attached hydrogens (tertiary/aromatic N) is 2. The summed E-state index contributed by atoms with van der Waals surface area (Å²) in [6, 6.07) is 15.3. The number of hydrogen-bond donors (Lipinski definition) is 2. The maximum Gasteiger partial charge on any atom is 0.300 e. The number of amides is 1. The van der Waals surface area contributed by atoms with Crippen molar-refractivity contribution in [3.63, 3.8) is 0 Å². The van der Waals surface area contributed by atoms with E-state index in [4.69, 9.17) is 4.74 Å². The first-order valence-electron chi connectivity index (χ1n) is 10.7. The fourth-order valence-electron chi connectivity index (χ4n) is 4.35. The Kier molecular flexibility index (Phi) is 5.20. The van der Waals surface area contributed by atoms with Gasteiger partial charge in [-0.05, 0) is 54.1 Å². The fourth-order valence-corrected chi connectivity index (χ4v) is 4.35. The first-order valence-corrected chi connectivity index (χ1v) is 10.7. The number of Topliss-reactive ketones (excluding diaryl/α,β-unsaturated/α-hetero) is 1. The van der Waals surface area contributed by atoms with Crippen LogP contribution in [0.5, 0.6) is 11.5 Å². The summed E-state index contributed by atoms with van der Waals surface area (Å²) in [5.74, 6) is -2.03. The molecule has 172 valence electrons. The molecule has 0 saturated carbocycles. The number of ether oxygens (including phenoxy) is 1. The zero-order valence-corrected chi connectivity index (χ0v) is 18.2. The van der Waals surface area contributed by atoms with E-state index in [1.807, 2.05) is 11.9 Å². The molecular formula is C26H21FN2O5. The van der Waals surface area contributed by atoms with Crippen LogP contribution in [0.15, 0.2) is 72.3 Å². The second kappa shape index (κ2) is 8.22. The van der Waals surface area contributed by atoms with Crippen molar-refractivity contribution < 1.29 is 28.9 Å². The highest BCUT2D eigenvalue weighted by Crippen LogP contribution is 2.43. The average molecular weight is 460 g/mol. The molecule has 1 saturated heterocycles. The lowest BCUT2D eigenvalue weighted by Crippen LogP contribution is -2.29. The molecule has 0 aromatic heterocycles. The number of aliphatic hydroxyl groups is 1. The number of phenols is 1. The second-order valence-electron chi connectivity index (χ2n) is 8.19. The van der Waals surface area contributed by atoms with E-state index < -0.39 is 23.5 Å². The number of benzene rings is 3. The Bertz CT molecular complexity index is 1340. The molecule has 0 spiro atoms. The van der Waals surface area contributed by atoms with E-state index in [0.717, 1.165) is 16.7 Å².